The zero-order chi connectivity index (χ0) is 8.23. The number of nitrogens with zero attached hydrogens (tertiary/aromatic N) is 2. The van der Waals surface area contributed by atoms with Crippen molar-refractivity contribution < 1.29 is 4.74 Å². The van der Waals surface area contributed by atoms with E-state index < -0.39 is 0 Å². The molecule has 1 aromatic rings. The maximum atomic E-state index is 5.34. The van der Waals surface area contributed by atoms with E-state index in [0.29, 0.717) is 6.61 Å². The van der Waals surface area contributed by atoms with E-state index >= 15 is 0 Å². The standard InChI is InChI=1S/C9H8N2O/c1-2-6-12-9(3-1)8-7-10-4-5-11-8/h1-5,7H,6H2. The van der Waals surface area contributed by atoms with Crippen LogP contribution in [0.5, 0.6) is 0 Å². The summed E-state index contributed by atoms with van der Waals surface area (Å²) in [5.74, 6) is 0.783. The zero-order valence-corrected chi connectivity index (χ0v) is 6.47. The molecule has 60 valence electrons. The van der Waals surface area contributed by atoms with Crippen LogP contribution in [0.4, 0.5) is 0 Å². The highest BCUT2D eigenvalue weighted by molar-refractivity contribution is 5.58. The fraction of sp³-hybridized carbons (Fsp3) is 0.111. The molecule has 0 bridgehead atoms. The zero-order valence-electron chi connectivity index (χ0n) is 6.47. The molecular weight excluding hydrogens is 152 g/mol. The van der Waals surface area contributed by atoms with Crippen LogP contribution in [0.1, 0.15) is 5.69 Å². The highest BCUT2D eigenvalue weighted by Gasteiger charge is 2.04. The van der Waals surface area contributed by atoms with Gasteiger partial charge in [-0.1, -0.05) is 6.08 Å². The second-order valence-corrected chi connectivity index (χ2v) is 2.36. The van der Waals surface area contributed by atoms with E-state index in [9.17, 15) is 0 Å². The maximum Gasteiger partial charge on any atom is 0.146 e. The van der Waals surface area contributed by atoms with E-state index in [2.05, 4.69) is 9.97 Å². The molecule has 0 atom stereocenters. The SMILES string of the molecule is C1=CCOC(c2cnccn2)=C1. The Morgan fingerprint density at radius 3 is 3.00 bits per heavy atom. The Morgan fingerprint density at radius 1 is 1.33 bits per heavy atom. The van der Waals surface area contributed by atoms with Gasteiger partial charge in [0.2, 0.25) is 0 Å². The lowest BCUT2D eigenvalue weighted by atomic mass is 10.3. The topological polar surface area (TPSA) is 35.0 Å². The Hall–Kier alpha value is -1.64. The summed E-state index contributed by atoms with van der Waals surface area (Å²) < 4.78 is 5.34. The van der Waals surface area contributed by atoms with E-state index in [-0.39, 0.29) is 0 Å². The number of aromatic nitrogens is 2. The number of allylic oxidation sites excluding steroid dienone is 2. The van der Waals surface area contributed by atoms with Crippen LogP contribution in [-0.2, 0) is 4.74 Å². The van der Waals surface area contributed by atoms with Crippen molar-refractivity contribution in [2.75, 3.05) is 6.61 Å². The van der Waals surface area contributed by atoms with Crippen LogP contribution in [0, 0.1) is 0 Å². The van der Waals surface area contributed by atoms with Gasteiger partial charge in [-0.05, 0) is 12.2 Å². The van der Waals surface area contributed by atoms with Crippen molar-refractivity contribution >= 4 is 5.76 Å². The number of hydrogen-bond donors (Lipinski definition) is 0. The molecule has 0 radical (unpaired) electrons. The van der Waals surface area contributed by atoms with E-state index in [0.717, 1.165) is 11.5 Å². The molecule has 0 N–H and O–H groups in total. The highest BCUT2D eigenvalue weighted by atomic mass is 16.5. The van der Waals surface area contributed by atoms with Crippen LogP contribution in [0.25, 0.3) is 5.76 Å². The molecule has 0 fully saturated rings. The molecule has 0 aliphatic carbocycles. The van der Waals surface area contributed by atoms with Crippen molar-refractivity contribution in [3.8, 4) is 0 Å². The minimum atomic E-state index is 0.613. The van der Waals surface area contributed by atoms with Gasteiger partial charge in [-0.2, -0.15) is 0 Å². The molecule has 0 spiro atoms. The van der Waals surface area contributed by atoms with Crippen molar-refractivity contribution in [3.05, 3.63) is 42.5 Å². The van der Waals surface area contributed by atoms with Crippen LogP contribution >= 0.6 is 0 Å². The average Bonchev–Trinajstić information content (AvgIpc) is 2.21. The molecule has 1 aromatic heterocycles. The van der Waals surface area contributed by atoms with Gasteiger partial charge in [0, 0.05) is 12.4 Å². The van der Waals surface area contributed by atoms with E-state index in [1.807, 2.05) is 18.2 Å². The molecule has 2 heterocycles. The van der Waals surface area contributed by atoms with Gasteiger partial charge in [0.05, 0.1) is 6.20 Å². The number of ether oxygens (including phenoxy) is 1. The maximum absolute atomic E-state index is 5.34. The Kier molecular flexibility index (Phi) is 1.86. The molecule has 3 nitrogen and oxygen atoms in total. The second-order valence-electron chi connectivity index (χ2n) is 2.36. The fourth-order valence-corrected chi connectivity index (χ4v) is 0.983. The Bertz CT molecular complexity index is 317. The molecule has 0 amide bonds. The molecule has 0 saturated heterocycles. The average molecular weight is 160 g/mol. The quantitative estimate of drug-likeness (QED) is 0.623. The van der Waals surface area contributed by atoms with Gasteiger partial charge in [-0.3, -0.25) is 4.98 Å². The number of rotatable bonds is 1. The first-order chi connectivity index (χ1) is 5.97. The largest absolute Gasteiger partial charge is 0.487 e. The third-order valence-electron chi connectivity index (χ3n) is 1.53. The van der Waals surface area contributed by atoms with E-state index in [1.165, 1.54) is 0 Å². The van der Waals surface area contributed by atoms with Crippen LogP contribution < -0.4 is 0 Å². The Morgan fingerprint density at radius 2 is 2.33 bits per heavy atom. The van der Waals surface area contributed by atoms with Crippen molar-refractivity contribution in [1.29, 1.82) is 0 Å². The smallest absolute Gasteiger partial charge is 0.146 e. The molecule has 0 unspecified atom stereocenters. The lowest BCUT2D eigenvalue weighted by Gasteiger charge is -2.09. The lowest BCUT2D eigenvalue weighted by Crippen LogP contribution is -1.98. The van der Waals surface area contributed by atoms with E-state index in [4.69, 9.17) is 4.74 Å². The molecule has 0 saturated carbocycles. The summed E-state index contributed by atoms with van der Waals surface area (Å²) in [6, 6.07) is 0. The summed E-state index contributed by atoms with van der Waals surface area (Å²) in [5, 5.41) is 0. The lowest BCUT2D eigenvalue weighted by molar-refractivity contribution is 0.314. The predicted octanol–water partition coefficient (Wildman–Crippen LogP) is 1.40. The van der Waals surface area contributed by atoms with Gasteiger partial charge in [-0.15, -0.1) is 0 Å². The fourth-order valence-electron chi connectivity index (χ4n) is 0.983. The molecular formula is C9H8N2O. The molecule has 0 aromatic carbocycles. The predicted molar refractivity (Wildman–Crippen MR) is 45.1 cm³/mol. The van der Waals surface area contributed by atoms with Gasteiger partial charge in [0.15, 0.2) is 0 Å². The summed E-state index contributed by atoms with van der Waals surface area (Å²) in [4.78, 5) is 8.07. The first-order valence-electron chi connectivity index (χ1n) is 3.73. The molecule has 1 aliphatic rings. The molecule has 2 rings (SSSR count). The third-order valence-corrected chi connectivity index (χ3v) is 1.53. The summed E-state index contributed by atoms with van der Waals surface area (Å²) in [6.45, 7) is 0.613. The summed E-state index contributed by atoms with van der Waals surface area (Å²) in [6.07, 6.45) is 10.8. The van der Waals surface area contributed by atoms with Crippen LogP contribution in [0.3, 0.4) is 0 Å². The number of hydrogen-bond acceptors (Lipinski definition) is 3. The highest BCUT2D eigenvalue weighted by Crippen LogP contribution is 2.14. The first kappa shape index (κ1) is 7.03. The van der Waals surface area contributed by atoms with Gasteiger partial charge < -0.3 is 4.74 Å². The Balaban J connectivity index is 2.31. The van der Waals surface area contributed by atoms with Gasteiger partial charge >= 0.3 is 0 Å². The normalized spacial score (nSPS) is 15.2. The van der Waals surface area contributed by atoms with Gasteiger partial charge in [0.25, 0.3) is 0 Å². The minimum absolute atomic E-state index is 0.613. The van der Waals surface area contributed by atoms with Gasteiger partial charge in [0.1, 0.15) is 18.1 Å². The first-order valence-corrected chi connectivity index (χ1v) is 3.73. The molecule has 12 heavy (non-hydrogen) atoms. The van der Waals surface area contributed by atoms with Crippen LogP contribution in [0.2, 0.25) is 0 Å². The van der Waals surface area contributed by atoms with E-state index in [1.54, 1.807) is 18.6 Å². The van der Waals surface area contributed by atoms with Crippen molar-refractivity contribution in [2.45, 2.75) is 0 Å². The van der Waals surface area contributed by atoms with Crippen LogP contribution in [0.15, 0.2) is 36.8 Å². The molecule has 3 heteroatoms. The minimum Gasteiger partial charge on any atom is -0.487 e. The van der Waals surface area contributed by atoms with Crippen molar-refractivity contribution in [3.63, 3.8) is 0 Å². The monoisotopic (exact) mass is 160 g/mol. The Labute approximate surface area is 70.4 Å². The van der Waals surface area contributed by atoms with Crippen molar-refractivity contribution in [2.24, 2.45) is 0 Å². The third kappa shape index (κ3) is 1.34. The van der Waals surface area contributed by atoms with Crippen LogP contribution in [-0.4, -0.2) is 16.6 Å². The summed E-state index contributed by atoms with van der Waals surface area (Å²) >= 11 is 0. The summed E-state index contributed by atoms with van der Waals surface area (Å²) in [5.41, 5.74) is 0.779. The second kappa shape index (κ2) is 3.17. The molecule has 1 aliphatic heterocycles. The van der Waals surface area contributed by atoms with Gasteiger partial charge in [-0.25, -0.2) is 4.98 Å². The summed E-state index contributed by atoms with van der Waals surface area (Å²) in [7, 11) is 0. The van der Waals surface area contributed by atoms with Crippen molar-refractivity contribution in [1.82, 2.24) is 9.97 Å².